The van der Waals surface area contributed by atoms with E-state index in [0.29, 0.717) is 54.7 Å². The highest BCUT2D eigenvalue weighted by Crippen LogP contribution is 2.24. The summed E-state index contributed by atoms with van der Waals surface area (Å²) in [4.78, 5) is 10.2. The number of ether oxygens (including phenoxy) is 3. The Morgan fingerprint density at radius 2 is 0.840 bits per heavy atom. The van der Waals surface area contributed by atoms with Gasteiger partial charge in [-0.15, -0.1) is 0 Å². The van der Waals surface area contributed by atoms with Crippen molar-refractivity contribution in [3.8, 4) is 0 Å². The van der Waals surface area contributed by atoms with E-state index in [1.807, 2.05) is 0 Å². The Kier molecular flexibility index (Phi) is 24.5. The van der Waals surface area contributed by atoms with E-state index in [4.69, 9.17) is 14.2 Å². The van der Waals surface area contributed by atoms with E-state index in [-0.39, 0.29) is 0 Å². The molecule has 50 heavy (non-hydrogen) atoms. The molecular formula is C43H90N4O3. The summed E-state index contributed by atoms with van der Waals surface area (Å²) in [6.07, 6.45) is 11.6. The van der Waals surface area contributed by atoms with Crippen LogP contribution in [0.1, 0.15) is 156 Å². The molecule has 4 saturated heterocycles. The van der Waals surface area contributed by atoms with Gasteiger partial charge in [-0.3, -0.25) is 14.7 Å². The Labute approximate surface area is 313 Å². The predicted molar refractivity (Wildman–Crippen MR) is 218 cm³/mol. The topological polar surface area (TPSA) is 40.6 Å². The monoisotopic (exact) mass is 711 g/mol. The molecule has 4 heterocycles. The molecule has 3 atom stereocenters. The van der Waals surface area contributed by atoms with Crippen LogP contribution in [0.5, 0.6) is 0 Å². The molecule has 0 aliphatic carbocycles. The van der Waals surface area contributed by atoms with Crippen LogP contribution in [0.4, 0.5) is 0 Å². The van der Waals surface area contributed by atoms with Gasteiger partial charge in [0.05, 0.1) is 36.6 Å². The predicted octanol–water partition coefficient (Wildman–Crippen LogP) is 9.23. The van der Waals surface area contributed by atoms with Gasteiger partial charge in [-0.05, 0) is 153 Å². The van der Waals surface area contributed by atoms with Crippen molar-refractivity contribution in [2.75, 3.05) is 52.4 Å². The van der Waals surface area contributed by atoms with Crippen LogP contribution in [0.3, 0.4) is 0 Å². The first-order valence-corrected chi connectivity index (χ1v) is 21.3. The molecule has 7 heteroatoms. The van der Waals surface area contributed by atoms with Gasteiger partial charge in [0, 0.05) is 63.4 Å². The van der Waals surface area contributed by atoms with Crippen molar-refractivity contribution in [3.05, 3.63) is 0 Å². The Bertz CT molecular complexity index is 810. The van der Waals surface area contributed by atoms with Crippen LogP contribution >= 0.6 is 0 Å². The molecule has 0 bridgehead atoms. The third-order valence-electron chi connectivity index (χ3n) is 10.4. The summed E-state index contributed by atoms with van der Waals surface area (Å²) in [7, 11) is 0. The van der Waals surface area contributed by atoms with Crippen LogP contribution in [0.2, 0.25) is 0 Å². The summed E-state index contributed by atoms with van der Waals surface area (Å²) < 4.78 is 17.4. The fourth-order valence-electron chi connectivity index (χ4n) is 7.87. The quantitative estimate of drug-likeness (QED) is 0.200. The highest BCUT2D eigenvalue weighted by atomic mass is 16.5. The first-order valence-electron chi connectivity index (χ1n) is 21.3. The maximum absolute atomic E-state index is 5.83. The summed E-state index contributed by atoms with van der Waals surface area (Å²) in [6.45, 7) is 45.3. The van der Waals surface area contributed by atoms with Crippen LogP contribution < -0.4 is 0 Å². The van der Waals surface area contributed by atoms with Gasteiger partial charge in [0.25, 0.3) is 0 Å². The Morgan fingerprint density at radius 3 is 1.26 bits per heavy atom. The molecule has 0 amide bonds. The Hall–Kier alpha value is -0.280. The molecular weight excluding hydrogens is 620 g/mol. The van der Waals surface area contributed by atoms with Crippen LogP contribution in [0, 0.1) is 11.8 Å². The van der Waals surface area contributed by atoms with Gasteiger partial charge in [-0.2, -0.15) is 0 Å². The fourth-order valence-corrected chi connectivity index (χ4v) is 7.87. The lowest BCUT2D eigenvalue weighted by atomic mass is 10.0. The number of piperidine rings is 2. The molecule has 7 nitrogen and oxygen atoms in total. The molecule has 4 fully saturated rings. The highest BCUT2D eigenvalue weighted by Gasteiger charge is 2.27. The summed E-state index contributed by atoms with van der Waals surface area (Å²) in [5, 5.41) is 0. The van der Waals surface area contributed by atoms with Crippen LogP contribution in [0.15, 0.2) is 0 Å². The van der Waals surface area contributed by atoms with Crippen LogP contribution in [-0.4, -0.2) is 133 Å². The maximum Gasteiger partial charge on any atom is 0.0717 e. The highest BCUT2D eigenvalue weighted by molar-refractivity contribution is 4.82. The molecule has 0 spiro atoms. The van der Waals surface area contributed by atoms with Crippen molar-refractivity contribution in [2.45, 2.75) is 217 Å². The van der Waals surface area contributed by atoms with Crippen molar-refractivity contribution < 1.29 is 14.2 Å². The zero-order chi connectivity index (χ0) is 38.0. The second-order valence-electron chi connectivity index (χ2n) is 18.1. The van der Waals surface area contributed by atoms with E-state index in [1.54, 1.807) is 0 Å². The summed E-state index contributed by atoms with van der Waals surface area (Å²) in [5.74, 6) is 1.66. The molecule has 0 N–H and O–H groups in total. The lowest BCUT2D eigenvalue weighted by Gasteiger charge is -2.36. The summed E-state index contributed by atoms with van der Waals surface area (Å²) in [5.41, 5.74) is 0. The van der Waals surface area contributed by atoms with Crippen molar-refractivity contribution in [1.29, 1.82) is 0 Å². The molecule has 300 valence electrons. The number of hydrogen-bond acceptors (Lipinski definition) is 7. The minimum atomic E-state index is 0.372. The number of hydrogen-bond donors (Lipinski definition) is 0. The molecule has 0 radical (unpaired) electrons. The smallest absolute Gasteiger partial charge is 0.0717 e. The molecule has 4 aliphatic heterocycles. The molecule has 4 aliphatic rings. The molecule has 0 saturated carbocycles. The van der Waals surface area contributed by atoms with Gasteiger partial charge in [0.2, 0.25) is 0 Å². The zero-order valence-corrected chi connectivity index (χ0v) is 36.5. The van der Waals surface area contributed by atoms with E-state index < -0.39 is 0 Å². The van der Waals surface area contributed by atoms with Crippen molar-refractivity contribution in [1.82, 2.24) is 19.6 Å². The van der Waals surface area contributed by atoms with E-state index in [9.17, 15) is 0 Å². The first kappa shape index (κ1) is 47.7. The van der Waals surface area contributed by atoms with E-state index >= 15 is 0 Å². The van der Waals surface area contributed by atoms with Gasteiger partial charge in [0.1, 0.15) is 0 Å². The Morgan fingerprint density at radius 1 is 0.440 bits per heavy atom. The van der Waals surface area contributed by atoms with Gasteiger partial charge in [-0.1, -0.05) is 27.7 Å². The summed E-state index contributed by atoms with van der Waals surface area (Å²) in [6, 6.07) is 2.90. The maximum atomic E-state index is 5.83. The van der Waals surface area contributed by atoms with E-state index in [1.165, 1.54) is 84.2 Å². The minimum absolute atomic E-state index is 0.372. The standard InChI is InChI=1S/2C11H23NO.C11H23N.C10H21NO/c1-9(2)12-7-5-11(6-8-12)13-10(3)4;1-9(2)12-7-5-6-11(8-12)13-10(3)4;1-9(2)8-12-7-5-6-11(12)10(3)4;1-8(2)11-6-5-10(7-11)12-9(3)4/h2*9-11H,5-8H2,1-4H3;9-11H,5-8H2,1-4H3;8-10H,5-7H2,1-4H3. The second kappa shape index (κ2) is 25.7. The van der Waals surface area contributed by atoms with Crippen molar-refractivity contribution in [2.24, 2.45) is 11.8 Å². The third-order valence-corrected chi connectivity index (χ3v) is 10.4. The lowest BCUT2D eigenvalue weighted by Crippen LogP contribution is -2.43. The zero-order valence-electron chi connectivity index (χ0n) is 36.5. The molecule has 0 aromatic rings. The largest absolute Gasteiger partial charge is 0.375 e. The van der Waals surface area contributed by atoms with Gasteiger partial charge >= 0.3 is 0 Å². The second-order valence-corrected chi connectivity index (χ2v) is 18.1. The van der Waals surface area contributed by atoms with Crippen molar-refractivity contribution >= 4 is 0 Å². The average molecular weight is 711 g/mol. The molecule has 0 aromatic carbocycles. The van der Waals surface area contributed by atoms with Crippen LogP contribution in [-0.2, 0) is 14.2 Å². The lowest BCUT2D eigenvalue weighted by molar-refractivity contribution is -0.0391. The van der Waals surface area contributed by atoms with Gasteiger partial charge in [0.15, 0.2) is 0 Å². The van der Waals surface area contributed by atoms with Gasteiger partial charge in [-0.25, -0.2) is 0 Å². The van der Waals surface area contributed by atoms with Crippen molar-refractivity contribution in [3.63, 3.8) is 0 Å². The SMILES string of the molecule is CC(C)CN1CCCC1C(C)C.CC(C)OC1CCCN(C(C)C)C1.CC(C)OC1CCN(C(C)C)C1.CC(C)OC1CCN(C(C)C)CC1. The number of likely N-dealkylation sites (tertiary alicyclic amines) is 4. The summed E-state index contributed by atoms with van der Waals surface area (Å²) >= 11 is 0. The molecule has 4 rings (SSSR count). The van der Waals surface area contributed by atoms with E-state index in [2.05, 4.69) is 130 Å². The average Bonchev–Trinajstić information content (AvgIpc) is 3.67. The Balaban J connectivity index is 0.000000334. The third kappa shape index (κ3) is 20.8. The number of nitrogens with zero attached hydrogens (tertiary/aromatic N) is 4. The normalized spacial score (nSPS) is 24.8. The van der Waals surface area contributed by atoms with Gasteiger partial charge < -0.3 is 19.1 Å². The molecule has 3 unspecified atom stereocenters. The van der Waals surface area contributed by atoms with Crippen LogP contribution in [0.25, 0.3) is 0 Å². The fraction of sp³-hybridized carbons (Fsp3) is 1.00. The minimum Gasteiger partial charge on any atom is -0.375 e. The first-order chi connectivity index (χ1) is 23.4. The van der Waals surface area contributed by atoms with E-state index in [0.717, 1.165) is 31.0 Å². The molecule has 0 aromatic heterocycles. The number of rotatable bonds is 12.